The van der Waals surface area contributed by atoms with Gasteiger partial charge in [-0.2, -0.15) is 13.8 Å². The second-order valence-electron chi connectivity index (χ2n) is 4.40. The van der Waals surface area contributed by atoms with Crippen LogP contribution in [0.15, 0.2) is 17.4 Å². The highest BCUT2D eigenvalue weighted by molar-refractivity contribution is 5.25. The Morgan fingerprint density at radius 1 is 1.62 bits per heavy atom. The molecule has 0 bridgehead atoms. The molecule has 0 saturated carbocycles. The molecular weight excluding hydrogens is 290 g/mol. The second kappa shape index (κ2) is 4.96. The molecule has 5 N–H and O–H groups in total. The third kappa shape index (κ3) is 2.11. The Hall–Kier alpha value is -2.22. The van der Waals surface area contributed by atoms with Crippen molar-refractivity contribution in [1.82, 2.24) is 9.55 Å². The Kier molecular flexibility index (Phi) is 3.58. The van der Waals surface area contributed by atoms with E-state index in [1.54, 1.807) is 0 Å². The van der Waals surface area contributed by atoms with E-state index in [-0.39, 0.29) is 5.82 Å². The topological polar surface area (TPSA) is 126 Å². The maximum atomic E-state index is 14.2. The molecule has 1 saturated heterocycles. The van der Waals surface area contributed by atoms with E-state index in [4.69, 9.17) is 22.1 Å². The average molecular weight is 302 g/mol. The molecule has 1 aromatic heterocycles. The zero-order chi connectivity index (χ0) is 15.8. The van der Waals surface area contributed by atoms with Crippen molar-refractivity contribution in [3.05, 3.63) is 17.9 Å². The Labute approximate surface area is 117 Å². The van der Waals surface area contributed by atoms with Gasteiger partial charge in [-0.1, -0.05) is 5.92 Å². The number of nitrogens with two attached hydrogens (primary N) is 1. The van der Waals surface area contributed by atoms with Crippen molar-refractivity contribution in [3.8, 4) is 12.3 Å². The van der Waals surface area contributed by atoms with Crippen molar-refractivity contribution in [3.63, 3.8) is 0 Å². The Balaban J connectivity index is 2.59. The Morgan fingerprint density at radius 3 is 2.76 bits per heavy atom. The van der Waals surface area contributed by atoms with Crippen LogP contribution in [0.3, 0.4) is 0 Å². The van der Waals surface area contributed by atoms with Crippen molar-refractivity contribution >= 4 is 5.82 Å². The van der Waals surface area contributed by atoms with Crippen LogP contribution >= 0.6 is 0 Å². The number of aromatic nitrogens is 2. The fraction of sp³-hybridized carbons (Fsp3) is 0.455. The summed E-state index contributed by atoms with van der Waals surface area (Å²) in [4.78, 5) is 3.54. The molecule has 1 aliphatic rings. The lowest BCUT2D eigenvalue weighted by Crippen LogP contribution is -2.48. The number of nitrogen functional groups attached to an aromatic ring is 1. The molecule has 0 spiro atoms. The monoisotopic (exact) mass is 302 g/mol. The molecule has 0 unspecified atom stereocenters. The van der Waals surface area contributed by atoms with Gasteiger partial charge in [-0.15, -0.1) is 6.42 Å². The highest BCUT2D eigenvalue weighted by Crippen LogP contribution is 2.47. The van der Waals surface area contributed by atoms with Gasteiger partial charge >= 0.3 is 5.92 Å². The van der Waals surface area contributed by atoms with Crippen molar-refractivity contribution in [1.29, 1.82) is 0 Å². The molecule has 1 aromatic rings. The third-order valence-electron chi connectivity index (χ3n) is 3.14. The summed E-state index contributed by atoms with van der Waals surface area (Å²) in [5.41, 5.74) is 2.50. The average Bonchev–Trinajstić information content (AvgIpc) is 2.68. The van der Waals surface area contributed by atoms with Gasteiger partial charge in [0.05, 0.1) is 6.61 Å². The number of anilines is 1. The van der Waals surface area contributed by atoms with Crippen molar-refractivity contribution in [2.45, 2.75) is 23.9 Å². The van der Waals surface area contributed by atoms with Crippen molar-refractivity contribution < 1.29 is 28.9 Å². The molecule has 0 radical (unpaired) electrons. The van der Waals surface area contributed by atoms with Crippen LogP contribution in [0.1, 0.15) is 6.23 Å². The summed E-state index contributed by atoms with van der Waals surface area (Å²) < 4.78 is 34.0. The van der Waals surface area contributed by atoms with Gasteiger partial charge in [-0.05, 0) is 11.2 Å². The third-order valence-corrected chi connectivity index (χ3v) is 3.14. The molecule has 0 amide bonds. The van der Waals surface area contributed by atoms with Crippen LogP contribution in [0.4, 0.5) is 14.6 Å². The fourth-order valence-electron chi connectivity index (χ4n) is 2.00. The summed E-state index contributed by atoms with van der Waals surface area (Å²) >= 11 is 0. The van der Waals surface area contributed by atoms with E-state index < -0.39 is 36.1 Å². The first-order chi connectivity index (χ1) is 9.82. The summed E-state index contributed by atoms with van der Waals surface area (Å²) in [6, 6.07) is 1.16. The molecule has 0 aromatic carbocycles. The normalized spacial score (nSPS) is 32.0. The fourth-order valence-corrected chi connectivity index (χ4v) is 2.00. The van der Waals surface area contributed by atoms with Gasteiger partial charge < -0.3 is 25.9 Å². The van der Waals surface area contributed by atoms with Crippen LogP contribution < -0.4 is 11.4 Å². The van der Waals surface area contributed by atoms with Crippen LogP contribution in [0.2, 0.25) is 0 Å². The van der Waals surface area contributed by atoms with E-state index in [0.717, 1.165) is 12.3 Å². The van der Waals surface area contributed by atoms with Gasteiger partial charge in [-0.3, -0.25) is 4.57 Å². The summed E-state index contributed by atoms with van der Waals surface area (Å²) in [6.45, 7) is -1.02. The number of terminal acetylenes is 1. The minimum absolute atomic E-state index is 0.0775. The van der Waals surface area contributed by atoms with Gasteiger partial charge in [-0.25, -0.2) is 0 Å². The number of aliphatic hydroxyl groups excluding tert-OH is 2. The van der Waals surface area contributed by atoms with E-state index in [1.807, 2.05) is 5.92 Å². The second-order valence-corrected chi connectivity index (χ2v) is 4.40. The minimum atomic E-state index is -3.86. The summed E-state index contributed by atoms with van der Waals surface area (Å²) in [5, 5.41) is 30.4. The lowest BCUT2D eigenvalue weighted by Gasteiger charge is -2.23. The number of hydrogen-bond donors (Lipinski definition) is 4. The molecule has 2 heterocycles. The molecule has 3 atom stereocenters. The Bertz CT molecular complexity index is 656. The minimum Gasteiger partial charge on any atom is -0.408 e. The van der Waals surface area contributed by atoms with Crippen LogP contribution in [-0.4, -0.2) is 49.2 Å². The largest absolute Gasteiger partial charge is 0.408 e. The van der Waals surface area contributed by atoms with Gasteiger partial charge in [0.1, 0.15) is 5.82 Å². The van der Waals surface area contributed by atoms with E-state index in [2.05, 4.69) is 10.1 Å². The molecule has 1 fully saturated rings. The number of hydrogen-bond acceptors (Lipinski definition) is 7. The number of halogens is 2. The van der Waals surface area contributed by atoms with Gasteiger partial charge in [0.25, 0.3) is 5.62 Å². The van der Waals surface area contributed by atoms with E-state index in [0.29, 0.717) is 4.57 Å². The zero-order valence-electron chi connectivity index (χ0n) is 10.5. The SMILES string of the molecule is C#C[C@]1(CO)O[C@@H](n2ccc(N)n/c2=N\O)C(F)(F)[C@@H]1O. The maximum Gasteiger partial charge on any atom is 0.321 e. The molecule has 8 nitrogen and oxygen atoms in total. The summed E-state index contributed by atoms with van der Waals surface area (Å²) in [5.74, 6) is -2.11. The highest BCUT2D eigenvalue weighted by atomic mass is 19.3. The van der Waals surface area contributed by atoms with E-state index in [9.17, 15) is 19.0 Å². The quantitative estimate of drug-likeness (QED) is 0.304. The number of alkyl halides is 2. The number of aliphatic hydroxyl groups is 2. The number of nitrogens with zero attached hydrogens (tertiary/aromatic N) is 3. The molecule has 21 heavy (non-hydrogen) atoms. The summed E-state index contributed by atoms with van der Waals surface area (Å²) in [6.07, 6.45) is 1.53. The Morgan fingerprint density at radius 2 is 2.29 bits per heavy atom. The first kappa shape index (κ1) is 15.2. The van der Waals surface area contributed by atoms with Crippen molar-refractivity contribution in [2.24, 2.45) is 5.16 Å². The number of rotatable bonds is 2. The molecule has 114 valence electrons. The lowest BCUT2D eigenvalue weighted by molar-refractivity contribution is -0.142. The van der Waals surface area contributed by atoms with Crippen LogP contribution in [-0.2, 0) is 4.74 Å². The smallest absolute Gasteiger partial charge is 0.321 e. The zero-order valence-corrected chi connectivity index (χ0v) is 10.5. The number of ether oxygens (including phenoxy) is 1. The first-order valence-corrected chi connectivity index (χ1v) is 5.67. The van der Waals surface area contributed by atoms with Gasteiger partial charge in [0.2, 0.25) is 6.23 Å². The van der Waals surface area contributed by atoms with Crippen LogP contribution in [0.25, 0.3) is 0 Å². The van der Waals surface area contributed by atoms with Gasteiger partial charge in [0, 0.05) is 6.20 Å². The molecular formula is C11H12F2N4O4. The lowest BCUT2D eigenvalue weighted by atomic mass is 9.96. The first-order valence-electron chi connectivity index (χ1n) is 5.67. The highest BCUT2D eigenvalue weighted by Gasteiger charge is 2.66. The van der Waals surface area contributed by atoms with Gasteiger partial charge in [0.15, 0.2) is 11.7 Å². The maximum absolute atomic E-state index is 14.2. The molecule has 1 aliphatic heterocycles. The predicted octanol–water partition coefficient (Wildman–Crippen LogP) is -1.36. The molecule has 10 heteroatoms. The summed E-state index contributed by atoms with van der Waals surface area (Å²) in [7, 11) is 0. The molecule has 0 aliphatic carbocycles. The standard InChI is InChI=1S/C11H12F2N4O4/c1-2-10(5-18)7(19)11(12,13)8(21-10)17-4-3-6(14)15-9(17)16-20/h1,3-4,7-8,18-20H,5H2,(H2,14,15,16)/t7-,8-,10-/m1/s1. The van der Waals surface area contributed by atoms with Crippen molar-refractivity contribution in [2.75, 3.05) is 12.3 Å². The van der Waals surface area contributed by atoms with E-state index >= 15 is 0 Å². The van der Waals surface area contributed by atoms with Crippen LogP contribution in [0, 0.1) is 12.3 Å². The van der Waals surface area contributed by atoms with Crippen LogP contribution in [0.5, 0.6) is 0 Å². The van der Waals surface area contributed by atoms with E-state index in [1.165, 1.54) is 0 Å². The predicted molar refractivity (Wildman–Crippen MR) is 63.7 cm³/mol. The molecule has 2 rings (SSSR count).